The summed E-state index contributed by atoms with van der Waals surface area (Å²) in [6, 6.07) is 28.4. The summed E-state index contributed by atoms with van der Waals surface area (Å²) in [5, 5.41) is 20.4. The Labute approximate surface area is 213 Å². The van der Waals surface area contributed by atoms with Crippen LogP contribution in [0.2, 0.25) is 0 Å². The molecule has 2 heterocycles. The Morgan fingerprint density at radius 3 is 2.59 bits per heavy atom. The molecule has 182 valence electrons. The predicted molar refractivity (Wildman–Crippen MR) is 141 cm³/mol. The first-order valence-electron chi connectivity index (χ1n) is 12.1. The molecule has 6 heteroatoms. The highest BCUT2D eigenvalue weighted by molar-refractivity contribution is 5.92. The molecule has 6 rings (SSSR count). The van der Waals surface area contributed by atoms with Gasteiger partial charge in [0.05, 0.1) is 22.9 Å². The van der Waals surface area contributed by atoms with Crippen LogP contribution in [-0.2, 0) is 13.2 Å². The summed E-state index contributed by atoms with van der Waals surface area (Å²) in [4.78, 5) is 16.3. The lowest BCUT2D eigenvalue weighted by molar-refractivity contribution is 0.0696. The number of hydrogen-bond donors (Lipinski definition) is 2. The van der Waals surface area contributed by atoms with Crippen LogP contribution >= 0.6 is 0 Å². The molecule has 0 amide bonds. The quantitative estimate of drug-likeness (QED) is 0.325. The van der Waals surface area contributed by atoms with Crippen molar-refractivity contribution in [2.45, 2.75) is 19.3 Å². The molecule has 0 saturated heterocycles. The van der Waals surface area contributed by atoms with Crippen molar-refractivity contribution < 1.29 is 19.7 Å². The smallest absolute Gasteiger partial charge is 0.335 e. The van der Waals surface area contributed by atoms with E-state index in [1.54, 1.807) is 24.5 Å². The van der Waals surface area contributed by atoms with E-state index in [1.807, 2.05) is 77.4 Å². The minimum absolute atomic E-state index is 0.213. The number of carboxylic acid groups (broad SMARTS) is 1. The standard InChI is InChI=1S/C31H24N2O4/c34-30(20-6-2-1-3-7-20)21-10-12-28-27(17-21)32-19-33(28)15-14-25-24-9-5-4-8-23(24)18-37-29-13-11-22(31(35)36)16-26(25)29/h1-14,16-17,19,30,34H,15,18H2,(H,35,36)/b25-14+. The highest BCUT2D eigenvalue weighted by Gasteiger charge is 2.21. The molecule has 1 unspecified atom stereocenters. The fourth-order valence-corrected chi connectivity index (χ4v) is 4.84. The number of ether oxygens (including phenoxy) is 1. The Kier molecular flexibility index (Phi) is 5.79. The summed E-state index contributed by atoms with van der Waals surface area (Å²) in [5.74, 6) is -0.323. The number of aliphatic hydroxyl groups is 1. The third-order valence-corrected chi connectivity index (χ3v) is 6.78. The second-order valence-electron chi connectivity index (χ2n) is 9.04. The average Bonchev–Trinajstić information content (AvgIpc) is 3.27. The number of benzene rings is 4. The van der Waals surface area contributed by atoms with Crippen molar-refractivity contribution >= 4 is 22.6 Å². The van der Waals surface area contributed by atoms with Crippen molar-refractivity contribution in [3.05, 3.63) is 137 Å². The number of rotatable bonds is 5. The topological polar surface area (TPSA) is 84.6 Å². The molecule has 1 atom stereocenters. The molecule has 37 heavy (non-hydrogen) atoms. The maximum absolute atomic E-state index is 11.7. The summed E-state index contributed by atoms with van der Waals surface area (Å²) in [6.07, 6.45) is 3.15. The number of nitrogens with zero attached hydrogens (tertiary/aromatic N) is 2. The number of fused-ring (bicyclic) bond motifs is 3. The molecule has 5 aromatic rings. The van der Waals surface area contributed by atoms with E-state index < -0.39 is 12.1 Å². The van der Waals surface area contributed by atoms with Crippen LogP contribution in [0.1, 0.15) is 44.3 Å². The van der Waals surface area contributed by atoms with Crippen LogP contribution in [0, 0.1) is 0 Å². The third-order valence-electron chi connectivity index (χ3n) is 6.78. The van der Waals surface area contributed by atoms with Gasteiger partial charge in [0.15, 0.2) is 0 Å². The molecule has 1 aromatic heterocycles. The van der Waals surface area contributed by atoms with E-state index in [9.17, 15) is 15.0 Å². The van der Waals surface area contributed by atoms with E-state index in [2.05, 4.69) is 11.1 Å². The van der Waals surface area contributed by atoms with Gasteiger partial charge in [0.25, 0.3) is 0 Å². The number of hydrogen-bond acceptors (Lipinski definition) is 4. The molecule has 0 saturated carbocycles. The largest absolute Gasteiger partial charge is 0.488 e. The number of aromatic carboxylic acids is 1. The molecule has 0 aliphatic carbocycles. The molecule has 2 N–H and O–H groups in total. The molecule has 0 fully saturated rings. The van der Waals surface area contributed by atoms with Gasteiger partial charge in [0.1, 0.15) is 18.5 Å². The van der Waals surface area contributed by atoms with Crippen molar-refractivity contribution in [3.63, 3.8) is 0 Å². The highest BCUT2D eigenvalue weighted by atomic mass is 16.5. The molecule has 0 radical (unpaired) electrons. The highest BCUT2D eigenvalue weighted by Crippen LogP contribution is 2.37. The summed E-state index contributed by atoms with van der Waals surface area (Å²) < 4.78 is 8.08. The first-order valence-corrected chi connectivity index (χ1v) is 12.1. The van der Waals surface area contributed by atoms with Crippen LogP contribution in [0.25, 0.3) is 16.6 Å². The number of aliphatic hydroxyl groups excluding tert-OH is 1. The lowest BCUT2D eigenvalue weighted by Crippen LogP contribution is -2.01. The normalized spacial score (nSPS) is 14.5. The lowest BCUT2D eigenvalue weighted by Gasteiger charge is -2.13. The van der Waals surface area contributed by atoms with Gasteiger partial charge in [0.2, 0.25) is 0 Å². The van der Waals surface area contributed by atoms with E-state index in [4.69, 9.17) is 4.74 Å². The van der Waals surface area contributed by atoms with Crippen LogP contribution in [-0.4, -0.2) is 25.7 Å². The fraction of sp³-hybridized carbons (Fsp3) is 0.0968. The van der Waals surface area contributed by atoms with Crippen molar-refractivity contribution in [1.82, 2.24) is 9.55 Å². The zero-order valence-corrected chi connectivity index (χ0v) is 19.9. The number of carboxylic acids is 1. The van der Waals surface area contributed by atoms with Gasteiger partial charge in [-0.15, -0.1) is 0 Å². The van der Waals surface area contributed by atoms with Gasteiger partial charge >= 0.3 is 5.97 Å². The van der Waals surface area contributed by atoms with Gasteiger partial charge in [-0.3, -0.25) is 0 Å². The monoisotopic (exact) mass is 488 g/mol. The van der Waals surface area contributed by atoms with E-state index in [0.29, 0.717) is 18.9 Å². The molecule has 6 nitrogen and oxygen atoms in total. The van der Waals surface area contributed by atoms with Crippen LogP contribution in [0.4, 0.5) is 0 Å². The van der Waals surface area contributed by atoms with Crippen LogP contribution in [0.15, 0.2) is 103 Å². The molecule has 0 spiro atoms. The average molecular weight is 489 g/mol. The third kappa shape index (κ3) is 4.28. The predicted octanol–water partition coefficient (Wildman–Crippen LogP) is 5.84. The van der Waals surface area contributed by atoms with Crippen molar-refractivity contribution in [2.24, 2.45) is 0 Å². The Morgan fingerprint density at radius 2 is 1.76 bits per heavy atom. The van der Waals surface area contributed by atoms with E-state index >= 15 is 0 Å². The maximum Gasteiger partial charge on any atom is 0.335 e. The lowest BCUT2D eigenvalue weighted by atomic mass is 9.93. The van der Waals surface area contributed by atoms with E-state index in [-0.39, 0.29) is 5.56 Å². The Bertz CT molecular complexity index is 1650. The van der Waals surface area contributed by atoms with Crippen molar-refractivity contribution in [3.8, 4) is 5.75 Å². The molecule has 1 aliphatic rings. The molecule has 4 aromatic carbocycles. The first-order chi connectivity index (χ1) is 18.1. The molecule has 1 aliphatic heterocycles. The molecule has 0 bridgehead atoms. The molecular formula is C31H24N2O4. The SMILES string of the molecule is O=C(O)c1ccc2c(c1)/C(=C/Cn1cnc3cc(C(O)c4ccccc4)ccc31)c1ccccc1CO2. The number of allylic oxidation sites excluding steroid dienone is 1. The van der Waals surface area contributed by atoms with Crippen LogP contribution in [0.3, 0.4) is 0 Å². The Morgan fingerprint density at radius 1 is 0.946 bits per heavy atom. The second kappa shape index (κ2) is 9.41. The van der Waals surface area contributed by atoms with E-state index in [1.165, 1.54) is 0 Å². The maximum atomic E-state index is 11.7. The Hall–Kier alpha value is -4.68. The van der Waals surface area contributed by atoms with E-state index in [0.717, 1.165) is 44.4 Å². The zero-order valence-electron chi connectivity index (χ0n) is 19.9. The number of imidazole rings is 1. The minimum Gasteiger partial charge on any atom is -0.488 e. The number of aromatic nitrogens is 2. The summed E-state index contributed by atoms with van der Waals surface area (Å²) in [6.45, 7) is 0.935. The van der Waals surface area contributed by atoms with Gasteiger partial charge in [0, 0.05) is 12.1 Å². The fourth-order valence-electron chi connectivity index (χ4n) is 4.84. The van der Waals surface area contributed by atoms with Gasteiger partial charge in [-0.2, -0.15) is 0 Å². The first kappa shape index (κ1) is 22.8. The number of carbonyl (C=O) groups is 1. The minimum atomic E-state index is -0.978. The van der Waals surface area contributed by atoms with Crippen molar-refractivity contribution in [2.75, 3.05) is 0 Å². The van der Waals surface area contributed by atoms with Gasteiger partial charge in [-0.05, 0) is 58.2 Å². The van der Waals surface area contributed by atoms with Crippen LogP contribution < -0.4 is 4.74 Å². The van der Waals surface area contributed by atoms with Crippen molar-refractivity contribution in [1.29, 1.82) is 0 Å². The van der Waals surface area contributed by atoms with Crippen LogP contribution in [0.5, 0.6) is 5.75 Å². The summed E-state index contributed by atoms with van der Waals surface area (Å²) in [5.41, 5.74) is 7.30. The van der Waals surface area contributed by atoms with Gasteiger partial charge < -0.3 is 19.5 Å². The summed E-state index contributed by atoms with van der Waals surface area (Å²) >= 11 is 0. The summed E-state index contributed by atoms with van der Waals surface area (Å²) in [7, 11) is 0. The van der Waals surface area contributed by atoms with Gasteiger partial charge in [-0.25, -0.2) is 9.78 Å². The zero-order chi connectivity index (χ0) is 25.4. The molecular weight excluding hydrogens is 464 g/mol. The van der Waals surface area contributed by atoms with Gasteiger partial charge in [-0.1, -0.05) is 66.7 Å². The Balaban J connectivity index is 1.38. The second-order valence-corrected chi connectivity index (χ2v) is 9.04.